The van der Waals surface area contributed by atoms with E-state index in [0.29, 0.717) is 28.9 Å². The topological polar surface area (TPSA) is 61.4 Å². The van der Waals surface area contributed by atoms with Crippen LogP contribution in [0, 0.1) is 17.2 Å². The largest absolute Gasteiger partial charge is 0.356 e. The van der Waals surface area contributed by atoms with Crippen molar-refractivity contribution in [3.8, 4) is 0 Å². The number of halogens is 3. The predicted octanol–water partition coefficient (Wildman–Crippen LogP) is 8.31. The van der Waals surface area contributed by atoms with Crippen molar-refractivity contribution in [3.05, 3.63) is 63.9 Å². The Labute approximate surface area is 250 Å². The molecule has 2 aromatic carbocycles. The first-order valence-electron chi connectivity index (χ1n) is 14.4. The summed E-state index contributed by atoms with van der Waals surface area (Å²) < 4.78 is 14.9. The van der Waals surface area contributed by atoms with Crippen molar-refractivity contribution in [1.82, 2.24) is 10.2 Å². The van der Waals surface area contributed by atoms with Gasteiger partial charge in [-0.2, -0.15) is 0 Å². The summed E-state index contributed by atoms with van der Waals surface area (Å²) in [6.45, 7) is 11.0. The van der Waals surface area contributed by atoms with Gasteiger partial charge in [0.2, 0.25) is 12.3 Å². The second-order valence-corrected chi connectivity index (χ2v) is 12.5. The molecule has 222 valence electrons. The molecular formula is C32H46Cl2FN3O2. The van der Waals surface area contributed by atoms with Crippen LogP contribution in [0.15, 0.2) is 42.5 Å². The van der Waals surface area contributed by atoms with Gasteiger partial charge in [0, 0.05) is 35.3 Å². The Morgan fingerprint density at radius 1 is 1.07 bits per heavy atom. The van der Waals surface area contributed by atoms with Crippen LogP contribution in [0.4, 0.5) is 10.1 Å². The summed E-state index contributed by atoms with van der Waals surface area (Å²) >= 11 is 12.1. The molecule has 1 aliphatic heterocycles. The van der Waals surface area contributed by atoms with Gasteiger partial charge in [0.05, 0.1) is 10.9 Å². The standard InChI is InChI=1S/C23H27Cl2FN2O.C7H13NO.C2H6/c1-23(2,3)12-19-20(22(29)27-15-8-5-7-14(24)11-15)17(13-28(19)4)16-9-6-10-18(25)21(16)26;9-6-8-7-4-2-1-3-5-7;1-2/h5-11,17,19-20H,12-13H2,1-4H3,(H,27,29);6-7H,1-5H2,(H,8,9);1-2H3. The van der Waals surface area contributed by atoms with Crippen molar-refractivity contribution < 1.29 is 14.0 Å². The summed E-state index contributed by atoms with van der Waals surface area (Å²) in [7, 11) is 2.00. The Bertz CT molecular complexity index is 1090. The van der Waals surface area contributed by atoms with Crippen LogP contribution in [-0.2, 0) is 9.59 Å². The van der Waals surface area contributed by atoms with Gasteiger partial charge in [0.25, 0.3) is 0 Å². The van der Waals surface area contributed by atoms with Crippen molar-refractivity contribution in [1.29, 1.82) is 0 Å². The van der Waals surface area contributed by atoms with Crippen molar-refractivity contribution >= 4 is 41.2 Å². The number of hydrogen-bond acceptors (Lipinski definition) is 3. The van der Waals surface area contributed by atoms with Crippen LogP contribution in [0.3, 0.4) is 0 Å². The number of carbonyl (C=O) groups is 2. The van der Waals surface area contributed by atoms with Crippen molar-refractivity contribution in [2.24, 2.45) is 11.3 Å². The molecule has 3 atom stereocenters. The summed E-state index contributed by atoms with van der Waals surface area (Å²) in [4.78, 5) is 25.5. The number of nitrogens with one attached hydrogen (secondary N) is 2. The van der Waals surface area contributed by atoms with E-state index in [1.807, 2.05) is 20.9 Å². The van der Waals surface area contributed by atoms with E-state index >= 15 is 0 Å². The molecule has 1 aliphatic carbocycles. The van der Waals surface area contributed by atoms with Crippen LogP contribution in [0.2, 0.25) is 10.0 Å². The minimum absolute atomic E-state index is 0.0161. The Hall–Kier alpha value is -2.15. The molecule has 2 aromatic rings. The van der Waals surface area contributed by atoms with Crippen LogP contribution in [-0.4, -0.2) is 42.9 Å². The predicted molar refractivity (Wildman–Crippen MR) is 166 cm³/mol. The van der Waals surface area contributed by atoms with Gasteiger partial charge < -0.3 is 15.5 Å². The summed E-state index contributed by atoms with van der Waals surface area (Å²) in [5, 5.41) is 6.43. The van der Waals surface area contributed by atoms with E-state index in [1.165, 1.54) is 38.2 Å². The first kappa shape index (κ1) is 34.1. The molecule has 40 heavy (non-hydrogen) atoms. The van der Waals surface area contributed by atoms with Gasteiger partial charge in [-0.15, -0.1) is 0 Å². The molecule has 2 aliphatic rings. The quantitative estimate of drug-likeness (QED) is 0.331. The summed E-state index contributed by atoms with van der Waals surface area (Å²) in [5.41, 5.74) is 1.15. The number of rotatable bonds is 6. The van der Waals surface area contributed by atoms with Crippen LogP contribution in [0.1, 0.15) is 84.6 Å². The zero-order valence-corrected chi connectivity index (χ0v) is 26.3. The first-order chi connectivity index (χ1) is 19.0. The highest BCUT2D eigenvalue weighted by Crippen LogP contribution is 2.43. The average molecular weight is 595 g/mol. The van der Waals surface area contributed by atoms with Gasteiger partial charge in [-0.3, -0.25) is 9.59 Å². The highest BCUT2D eigenvalue weighted by Gasteiger charge is 2.47. The zero-order chi connectivity index (χ0) is 29.9. The van der Waals surface area contributed by atoms with E-state index in [-0.39, 0.29) is 28.3 Å². The normalized spacial score (nSPS) is 21.4. The molecule has 3 unspecified atom stereocenters. The molecule has 2 amide bonds. The van der Waals surface area contributed by atoms with Gasteiger partial charge >= 0.3 is 0 Å². The minimum atomic E-state index is -0.440. The molecule has 1 saturated heterocycles. The Morgan fingerprint density at radius 3 is 2.33 bits per heavy atom. The zero-order valence-electron chi connectivity index (χ0n) is 24.8. The van der Waals surface area contributed by atoms with Crippen molar-refractivity contribution in [2.75, 3.05) is 18.9 Å². The fourth-order valence-electron chi connectivity index (χ4n) is 5.63. The monoisotopic (exact) mass is 593 g/mol. The summed E-state index contributed by atoms with van der Waals surface area (Å²) in [5.74, 6) is -1.27. The van der Waals surface area contributed by atoms with Gasteiger partial charge in [0.1, 0.15) is 5.82 Å². The van der Waals surface area contributed by atoms with E-state index in [9.17, 15) is 14.0 Å². The van der Waals surface area contributed by atoms with Crippen molar-refractivity contribution in [2.45, 2.75) is 91.1 Å². The fourth-order valence-corrected chi connectivity index (χ4v) is 6.00. The van der Waals surface area contributed by atoms with E-state index in [0.717, 1.165) is 12.8 Å². The van der Waals surface area contributed by atoms with Gasteiger partial charge in [-0.25, -0.2) is 4.39 Å². The number of likely N-dealkylation sites (tertiary alicyclic amines) is 1. The molecule has 2 N–H and O–H groups in total. The minimum Gasteiger partial charge on any atom is -0.356 e. The molecule has 0 bridgehead atoms. The maximum absolute atomic E-state index is 14.9. The molecule has 1 saturated carbocycles. The molecule has 1 heterocycles. The lowest BCUT2D eigenvalue weighted by Crippen LogP contribution is -2.39. The van der Waals surface area contributed by atoms with E-state index in [1.54, 1.807) is 36.4 Å². The second-order valence-electron chi connectivity index (χ2n) is 11.7. The maximum Gasteiger partial charge on any atom is 0.229 e. The maximum atomic E-state index is 14.9. The lowest BCUT2D eigenvalue weighted by atomic mass is 9.78. The second kappa shape index (κ2) is 16.3. The van der Waals surface area contributed by atoms with Gasteiger partial charge in [-0.05, 0) is 61.6 Å². The number of nitrogens with zero attached hydrogens (tertiary/aromatic N) is 1. The van der Waals surface area contributed by atoms with Gasteiger partial charge in [0.15, 0.2) is 0 Å². The smallest absolute Gasteiger partial charge is 0.229 e. The Kier molecular flexibility index (Phi) is 13.9. The number of likely N-dealkylation sites (N-methyl/N-ethyl adjacent to an activating group) is 1. The first-order valence-corrected chi connectivity index (χ1v) is 15.2. The fraction of sp³-hybridized carbons (Fsp3) is 0.562. The molecule has 0 spiro atoms. The highest BCUT2D eigenvalue weighted by molar-refractivity contribution is 6.31. The highest BCUT2D eigenvalue weighted by atomic mass is 35.5. The third-order valence-electron chi connectivity index (χ3n) is 7.41. The summed E-state index contributed by atoms with van der Waals surface area (Å²) in [6, 6.07) is 12.5. The third kappa shape index (κ3) is 10.0. The lowest BCUT2D eigenvalue weighted by molar-refractivity contribution is -0.121. The number of benzene rings is 2. The summed E-state index contributed by atoms with van der Waals surface area (Å²) in [6.07, 6.45) is 7.90. The molecule has 0 radical (unpaired) electrons. The van der Waals surface area contributed by atoms with Gasteiger partial charge in [-0.1, -0.05) is 95.3 Å². The molecular weight excluding hydrogens is 548 g/mol. The Morgan fingerprint density at radius 2 is 1.73 bits per heavy atom. The third-order valence-corrected chi connectivity index (χ3v) is 7.93. The molecule has 2 fully saturated rings. The number of anilines is 1. The van der Waals surface area contributed by atoms with Crippen LogP contribution in [0.25, 0.3) is 0 Å². The molecule has 5 nitrogen and oxygen atoms in total. The van der Waals surface area contributed by atoms with Crippen LogP contribution < -0.4 is 10.6 Å². The van der Waals surface area contributed by atoms with Crippen LogP contribution in [0.5, 0.6) is 0 Å². The number of carbonyl (C=O) groups excluding carboxylic acids is 2. The lowest BCUT2D eigenvalue weighted by Gasteiger charge is -2.31. The van der Waals surface area contributed by atoms with Crippen LogP contribution >= 0.6 is 23.2 Å². The SMILES string of the molecule is CC.CN1CC(c2cccc(Cl)c2F)C(C(=O)Nc2cccc(Cl)c2)C1CC(C)(C)C.O=CNC1CCCCC1. The Balaban J connectivity index is 0.000000428. The molecule has 8 heteroatoms. The number of amides is 2. The molecule has 4 rings (SSSR count). The molecule has 0 aromatic heterocycles. The van der Waals surface area contributed by atoms with E-state index in [4.69, 9.17) is 23.2 Å². The van der Waals surface area contributed by atoms with Crippen molar-refractivity contribution in [3.63, 3.8) is 0 Å². The average Bonchev–Trinajstić information content (AvgIpc) is 3.22. The van der Waals surface area contributed by atoms with E-state index in [2.05, 4.69) is 36.3 Å². The number of hydrogen-bond donors (Lipinski definition) is 2. The van der Waals surface area contributed by atoms with E-state index < -0.39 is 11.7 Å².